The van der Waals surface area contributed by atoms with E-state index in [0.717, 1.165) is 18.4 Å². The van der Waals surface area contributed by atoms with Gasteiger partial charge in [0.2, 0.25) is 0 Å². The third-order valence-electron chi connectivity index (χ3n) is 7.25. The highest BCUT2D eigenvalue weighted by atomic mass is 16.4. The largest absolute Gasteiger partial charge is 0.508 e. The quantitative estimate of drug-likeness (QED) is 0.214. The van der Waals surface area contributed by atoms with Crippen molar-refractivity contribution in [1.82, 2.24) is 0 Å². The van der Waals surface area contributed by atoms with Crippen molar-refractivity contribution in [2.24, 2.45) is 0 Å². The van der Waals surface area contributed by atoms with Crippen molar-refractivity contribution in [2.45, 2.75) is 162 Å². The van der Waals surface area contributed by atoms with E-state index in [1.807, 2.05) is 6.07 Å². The third kappa shape index (κ3) is 11.8. The van der Waals surface area contributed by atoms with Gasteiger partial charge in [-0.05, 0) is 53.2 Å². The van der Waals surface area contributed by atoms with E-state index in [1.54, 1.807) is 0 Å². The van der Waals surface area contributed by atoms with E-state index in [1.165, 1.54) is 81.8 Å². The predicted molar refractivity (Wildman–Crippen MR) is 151 cm³/mol. The molecule has 0 aliphatic heterocycles. The molecule has 202 valence electrons. The first-order valence-electron chi connectivity index (χ1n) is 14.5. The fourth-order valence-electron chi connectivity index (χ4n) is 5.53. The summed E-state index contributed by atoms with van der Waals surface area (Å²) in [6.07, 6.45) is 17.6. The Morgan fingerprint density at radius 3 is 1.63 bits per heavy atom. The average Bonchev–Trinajstić information content (AvgIpc) is 2.74. The number of aliphatic carboxylic acids is 1. The van der Waals surface area contributed by atoms with Gasteiger partial charge < -0.3 is 10.2 Å². The monoisotopic (exact) mass is 488 g/mol. The van der Waals surface area contributed by atoms with Gasteiger partial charge in [-0.2, -0.15) is 0 Å². The molecule has 1 unspecified atom stereocenters. The van der Waals surface area contributed by atoms with Crippen LogP contribution in [0.2, 0.25) is 0 Å². The molecule has 35 heavy (non-hydrogen) atoms. The van der Waals surface area contributed by atoms with E-state index in [9.17, 15) is 15.0 Å². The van der Waals surface area contributed by atoms with Crippen molar-refractivity contribution in [3.05, 3.63) is 28.8 Å². The third-order valence-corrected chi connectivity index (χ3v) is 7.25. The summed E-state index contributed by atoms with van der Waals surface area (Å²) in [5.74, 6) is 0.00423. The van der Waals surface area contributed by atoms with Crippen LogP contribution >= 0.6 is 0 Å². The van der Waals surface area contributed by atoms with Crippen LogP contribution in [0.3, 0.4) is 0 Å². The van der Waals surface area contributed by atoms with E-state index >= 15 is 0 Å². The van der Waals surface area contributed by atoms with Crippen molar-refractivity contribution in [2.75, 3.05) is 0 Å². The van der Waals surface area contributed by atoms with E-state index in [0.29, 0.717) is 18.1 Å². The Labute approximate surface area is 217 Å². The molecule has 0 aliphatic rings. The molecule has 0 bridgehead atoms. The fraction of sp³-hybridized carbons (Fsp3) is 0.781. The lowest BCUT2D eigenvalue weighted by Crippen LogP contribution is -2.25. The lowest BCUT2D eigenvalue weighted by molar-refractivity contribution is -0.137. The molecule has 0 saturated carbocycles. The Morgan fingerprint density at radius 1 is 0.714 bits per heavy atom. The van der Waals surface area contributed by atoms with Gasteiger partial charge in [-0.1, -0.05) is 125 Å². The topological polar surface area (TPSA) is 57.5 Å². The zero-order chi connectivity index (χ0) is 26.5. The zero-order valence-electron chi connectivity index (χ0n) is 24.1. The second-order valence-electron chi connectivity index (χ2n) is 12.7. The lowest BCUT2D eigenvalue weighted by atomic mass is 9.70. The van der Waals surface area contributed by atoms with Gasteiger partial charge in [0.05, 0.1) is 0 Å². The molecule has 0 aliphatic carbocycles. The van der Waals surface area contributed by atoms with Crippen LogP contribution in [0.1, 0.15) is 167 Å². The molecule has 0 heterocycles. The maximum Gasteiger partial charge on any atom is 0.303 e. The zero-order valence-corrected chi connectivity index (χ0v) is 24.1. The van der Waals surface area contributed by atoms with Crippen LogP contribution < -0.4 is 0 Å². The Bertz CT molecular complexity index is 736. The number of hydrogen-bond acceptors (Lipinski definition) is 2. The van der Waals surface area contributed by atoms with Gasteiger partial charge in [0.25, 0.3) is 0 Å². The average molecular weight is 489 g/mol. The van der Waals surface area contributed by atoms with Gasteiger partial charge in [-0.15, -0.1) is 0 Å². The molecule has 0 aromatic heterocycles. The minimum Gasteiger partial charge on any atom is -0.508 e. The van der Waals surface area contributed by atoms with Gasteiger partial charge in [0.15, 0.2) is 0 Å². The molecule has 0 amide bonds. The van der Waals surface area contributed by atoms with E-state index in [-0.39, 0.29) is 17.3 Å². The summed E-state index contributed by atoms with van der Waals surface area (Å²) in [4.78, 5) is 11.2. The molecule has 1 aromatic rings. The second kappa shape index (κ2) is 15.6. The maximum atomic E-state index is 11.2. The first-order chi connectivity index (χ1) is 16.4. The lowest BCUT2D eigenvalue weighted by Gasteiger charge is -2.35. The summed E-state index contributed by atoms with van der Waals surface area (Å²) in [6.45, 7) is 15.5. The minimum absolute atomic E-state index is 0.0983. The van der Waals surface area contributed by atoms with Crippen molar-refractivity contribution in [3.63, 3.8) is 0 Å². The summed E-state index contributed by atoms with van der Waals surface area (Å²) in [7, 11) is 0. The van der Waals surface area contributed by atoms with Crippen LogP contribution in [0.5, 0.6) is 5.75 Å². The molecule has 1 aromatic carbocycles. The molecule has 1 rings (SSSR count). The van der Waals surface area contributed by atoms with Crippen LogP contribution in [0.4, 0.5) is 0 Å². The van der Waals surface area contributed by atoms with Gasteiger partial charge in [0.1, 0.15) is 5.75 Å². The number of rotatable bonds is 17. The molecule has 1 atom stereocenters. The number of phenols is 1. The summed E-state index contributed by atoms with van der Waals surface area (Å²) >= 11 is 0. The summed E-state index contributed by atoms with van der Waals surface area (Å²) in [6, 6.07) is 3.99. The van der Waals surface area contributed by atoms with Crippen molar-refractivity contribution < 1.29 is 15.0 Å². The molecule has 0 spiro atoms. The van der Waals surface area contributed by atoms with Crippen LogP contribution in [0.15, 0.2) is 12.1 Å². The Hall–Kier alpha value is -1.51. The fourth-order valence-corrected chi connectivity index (χ4v) is 5.53. The molecular weight excluding hydrogens is 432 g/mol. The first kappa shape index (κ1) is 31.5. The highest BCUT2D eigenvalue weighted by molar-refractivity contribution is 5.66. The number of carboxylic acid groups (broad SMARTS) is 1. The number of phenolic OH excluding ortho intramolecular Hbond substituents is 1. The Balaban J connectivity index is 2.86. The van der Waals surface area contributed by atoms with Gasteiger partial charge >= 0.3 is 5.97 Å². The second-order valence-corrected chi connectivity index (χ2v) is 12.7. The number of unbranched alkanes of at least 4 members (excludes halogenated alkanes) is 10. The van der Waals surface area contributed by atoms with Crippen molar-refractivity contribution >= 4 is 5.97 Å². The molecule has 0 radical (unpaired) electrons. The summed E-state index contributed by atoms with van der Waals surface area (Å²) in [5.41, 5.74) is 3.36. The summed E-state index contributed by atoms with van der Waals surface area (Å²) in [5, 5.41) is 20.1. The molecular formula is C32H56O3. The van der Waals surface area contributed by atoms with Gasteiger partial charge in [-0.3, -0.25) is 4.79 Å². The van der Waals surface area contributed by atoms with E-state index in [2.05, 4.69) is 54.5 Å². The van der Waals surface area contributed by atoms with Crippen LogP contribution in [0.25, 0.3) is 0 Å². The van der Waals surface area contributed by atoms with E-state index in [4.69, 9.17) is 0 Å². The minimum atomic E-state index is -0.712. The van der Waals surface area contributed by atoms with Crippen molar-refractivity contribution in [1.29, 1.82) is 0 Å². The summed E-state index contributed by atoms with van der Waals surface area (Å²) < 4.78 is 0. The number of carbonyl (C=O) groups is 1. The highest BCUT2D eigenvalue weighted by Gasteiger charge is 2.32. The van der Waals surface area contributed by atoms with E-state index < -0.39 is 5.97 Å². The Morgan fingerprint density at radius 2 is 1.17 bits per heavy atom. The SMILES string of the molecule is CCCCCCCCCCCCCC(CCCC(=O)O)c1ccc(O)c(C(C)(C)C)c1C(C)(C)C. The molecule has 0 fully saturated rings. The molecule has 2 N–H and O–H groups in total. The first-order valence-corrected chi connectivity index (χ1v) is 14.5. The maximum absolute atomic E-state index is 11.2. The Kier molecular flexibility index (Phi) is 14.0. The molecule has 0 saturated heterocycles. The standard InChI is InChI=1S/C32H56O3/c1-8-9-10-11-12-13-14-15-16-17-18-20-25(21-19-22-28(34)35)26-23-24-27(33)30(32(5,6)7)29(26)31(2,3)4/h23-25,33H,8-22H2,1-7H3,(H,34,35). The van der Waals surface area contributed by atoms with Gasteiger partial charge in [0, 0.05) is 12.0 Å². The number of hydrogen-bond donors (Lipinski definition) is 2. The molecule has 3 heteroatoms. The van der Waals surface area contributed by atoms with Crippen LogP contribution in [0, 0.1) is 0 Å². The number of aromatic hydroxyl groups is 1. The predicted octanol–water partition coefficient (Wildman–Crippen LogP) is 10.0. The normalized spacial score (nSPS) is 13.2. The smallest absolute Gasteiger partial charge is 0.303 e. The van der Waals surface area contributed by atoms with Crippen LogP contribution in [-0.4, -0.2) is 16.2 Å². The number of carboxylic acids is 1. The molecule has 3 nitrogen and oxygen atoms in total. The van der Waals surface area contributed by atoms with Gasteiger partial charge in [-0.25, -0.2) is 0 Å². The van der Waals surface area contributed by atoms with Crippen molar-refractivity contribution in [3.8, 4) is 5.75 Å². The number of benzene rings is 1. The van der Waals surface area contributed by atoms with Crippen LogP contribution in [-0.2, 0) is 15.6 Å². The highest BCUT2D eigenvalue weighted by Crippen LogP contribution is 2.45.